The second kappa shape index (κ2) is 11.6. The van der Waals surface area contributed by atoms with E-state index in [9.17, 15) is 5.11 Å². The molecule has 1 aliphatic rings. The van der Waals surface area contributed by atoms with E-state index in [1.54, 1.807) is 11.3 Å². The zero-order valence-corrected chi connectivity index (χ0v) is 19.9. The van der Waals surface area contributed by atoms with Gasteiger partial charge in [0, 0.05) is 39.3 Å². The highest BCUT2D eigenvalue weighted by Gasteiger charge is 2.23. The Morgan fingerprint density at radius 1 is 1.03 bits per heavy atom. The Balaban J connectivity index is 1.51. The van der Waals surface area contributed by atoms with Gasteiger partial charge in [0.05, 0.1) is 13.1 Å². The van der Waals surface area contributed by atoms with Gasteiger partial charge in [-0.15, -0.1) is 0 Å². The summed E-state index contributed by atoms with van der Waals surface area (Å²) < 4.78 is 0. The van der Waals surface area contributed by atoms with E-state index in [0.29, 0.717) is 13.1 Å². The number of benzene rings is 1. The third-order valence-electron chi connectivity index (χ3n) is 5.85. The summed E-state index contributed by atoms with van der Waals surface area (Å²) in [4.78, 5) is 9.74. The molecule has 1 saturated heterocycles. The standard InChI is InChI=1S/C24H37N5OS/c1-4-25-23(27-19-24(3,30)22-10-15-31-18-22)26-16-20-6-8-21(9-7-20)17-29-13-11-28(5-2)12-14-29/h6-10,15,18,30H,4-5,11-14,16-17,19H2,1-3H3,(H2,25,26,27). The minimum Gasteiger partial charge on any atom is -0.384 e. The molecule has 0 saturated carbocycles. The van der Waals surface area contributed by atoms with Crippen LogP contribution in [0.15, 0.2) is 46.1 Å². The van der Waals surface area contributed by atoms with E-state index in [0.717, 1.165) is 44.2 Å². The monoisotopic (exact) mass is 443 g/mol. The van der Waals surface area contributed by atoms with Gasteiger partial charge in [0.15, 0.2) is 5.96 Å². The smallest absolute Gasteiger partial charge is 0.191 e. The summed E-state index contributed by atoms with van der Waals surface area (Å²) in [7, 11) is 0. The second-order valence-electron chi connectivity index (χ2n) is 8.36. The van der Waals surface area contributed by atoms with Crippen molar-refractivity contribution in [2.24, 2.45) is 4.99 Å². The Labute approximate surface area is 191 Å². The van der Waals surface area contributed by atoms with Crippen LogP contribution >= 0.6 is 11.3 Å². The van der Waals surface area contributed by atoms with E-state index in [2.05, 4.69) is 51.6 Å². The summed E-state index contributed by atoms with van der Waals surface area (Å²) >= 11 is 1.59. The number of piperazine rings is 1. The first-order chi connectivity index (χ1) is 15.0. The maximum absolute atomic E-state index is 10.7. The zero-order valence-electron chi connectivity index (χ0n) is 19.1. The Hall–Kier alpha value is -1.93. The first-order valence-electron chi connectivity index (χ1n) is 11.3. The molecule has 7 heteroatoms. The molecule has 1 aromatic heterocycles. The highest BCUT2D eigenvalue weighted by Crippen LogP contribution is 2.22. The van der Waals surface area contributed by atoms with E-state index >= 15 is 0 Å². The molecule has 1 atom stereocenters. The zero-order chi connectivity index (χ0) is 22.1. The Bertz CT molecular complexity index is 796. The molecular weight excluding hydrogens is 406 g/mol. The molecule has 0 spiro atoms. The fraction of sp³-hybridized carbons (Fsp3) is 0.542. The van der Waals surface area contributed by atoms with Crippen molar-refractivity contribution in [2.45, 2.75) is 39.5 Å². The van der Waals surface area contributed by atoms with Gasteiger partial charge >= 0.3 is 0 Å². The molecule has 1 aliphatic heterocycles. The average molecular weight is 444 g/mol. The number of guanidine groups is 1. The second-order valence-corrected chi connectivity index (χ2v) is 9.14. The fourth-order valence-electron chi connectivity index (χ4n) is 3.71. The van der Waals surface area contributed by atoms with Crippen molar-refractivity contribution in [3.63, 3.8) is 0 Å². The van der Waals surface area contributed by atoms with Crippen LogP contribution in [0, 0.1) is 0 Å². The molecule has 0 aliphatic carbocycles. The molecular formula is C24H37N5OS. The van der Waals surface area contributed by atoms with Crippen LogP contribution in [0.3, 0.4) is 0 Å². The lowest BCUT2D eigenvalue weighted by molar-refractivity contribution is 0.0621. The molecule has 170 valence electrons. The number of likely N-dealkylation sites (N-methyl/N-ethyl adjacent to an activating group) is 1. The van der Waals surface area contributed by atoms with E-state index in [1.165, 1.54) is 24.2 Å². The highest BCUT2D eigenvalue weighted by atomic mass is 32.1. The van der Waals surface area contributed by atoms with Gasteiger partial charge in [-0.25, -0.2) is 4.99 Å². The third-order valence-corrected chi connectivity index (χ3v) is 6.53. The van der Waals surface area contributed by atoms with Crippen molar-refractivity contribution < 1.29 is 5.11 Å². The van der Waals surface area contributed by atoms with Crippen LogP contribution in [0.1, 0.15) is 37.5 Å². The summed E-state index contributed by atoms with van der Waals surface area (Å²) in [5, 5.41) is 21.2. The number of rotatable bonds is 9. The Morgan fingerprint density at radius 3 is 2.32 bits per heavy atom. The highest BCUT2D eigenvalue weighted by molar-refractivity contribution is 7.08. The van der Waals surface area contributed by atoms with Crippen molar-refractivity contribution in [2.75, 3.05) is 45.8 Å². The first-order valence-corrected chi connectivity index (χ1v) is 12.2. The summed E-state index contributed by atoms with van der Waals surface area (Å²) in [6.45, 7) is 14.7. The van der Waals surface area contributed by atoms with Crippen LogP contribution in [-0.4, -0.2) is 66.7 Å². The Morgan fingerprint density at radius 2 is 1.71 bits per heavy atom. The molecule has 3 N–H and O–H groups in total. The maximum Gasteiger partial charge on any atom is 0.191 e. The van der Waals surface area contributed by atoms with Crippen LogP contribution in [0.4, 0.5) is 0 Å². The van der Waals surface area contributed by atoms with Gasteiger partial charge in [-0.1, -0.05) is 31.2 Å². The number of hydrogen-bond acceptors (Lipinski definition) is 5. The largest absolute Gasteiger partial charge is 0.384 e. The van der Waals surface area contributed by atoms with Crippen LogP contribution in [-0.2, 0) is 18.7 Å². The summed E-state index contributed by atoms with van der Waals surface area (Å²) in [5.74, 6) is 0.718. The SMILES string of the molecule is CCNC(=NCc1ccc(CN2CCN(CC)CC2)cc1)NCC(C)(O)c1ccsc1. The average Bonchev–Trinajstić information content (AvgIpc) is 3.33. The van der Waals surface area contributed by atoms with Crippen LogP contribution in [0.2, 0.25) is 0 Å². The number of thiophene rings is 1. The molecule has 0 radical (unpaired) electrons. The lowest BCUT2D eigenvalue weighted by Gasteiger charge is -2.34. The van der Waals surface area contributed by atoms with Crippen molar-refractivity contribution in [3.8, 4) is 0 Å². The van der Waals surface area contributed by atoms with E-state index in [1.807, 2.05) is 30.7 Å². The van der Waals surface area contributed by atoms with Gasteiger partial charge in [-0.05, 0) is 53.9 Å². The van der Waals surface area contributed by atoms with Crippen LogP contribution in [0.5, 0.6) is 0 Å². The number of nitrogens with zero attached hydrogens (tertiary/aromatic N) is 3. The molecule has 6 nitrogen and oxygen atoms in total. The van der Waals surface area contributed by atoms with Gasteiger partial charge in [0.25, 0.3) is 0 Å². The lowest BCUT2D eigenvalue weighted by atomic mass is 9.99. The van der Waals surface area contributed by atoms with Crippen molar-refractivity contribution in [1.82, 2.24) is 20.4 Å². The van der Waals surface area contributed by atoms with Crippen molar-refractivity contribution >= 4 is 17.3 Å². The van der Waals surface area contributed by atoms with E-state index in [4.69, 9.17) is 4.99 Å². The van der Waals surface area contributed by atoms with Gasteiger partial charge in [-0.3, -0.25) is 4.90 Å². The summed E-state index contributed by atoms with van der Waals surface area (Å²) in [5.41, 5.74) is 2.53. The predicted octanol–water partition coefficient (Wildman–Crippen LogP) is 2.85. The van der Waals surface area contributed by atoms with Gasteiger partial charge < -0.3 is 20.6 Å². The molecule has 3 rings (SSSR count). The molecule has 31 heavy (non-hydrogen) atoms. The van der Waals surface area contributed by atoms with Gasteiger partial charge in [-0.2, -0.15) is 11.3 Å². The van der Waals surface area contributed by atoms with Gasteiger partial charge in [0.1, 0.15) is 5.60 Å². The molecule has 0 amide bonds. The molecule has 2 aromatic rings. The lowest BCUT2D eigenvalue weighted by Crippen LogP contribution is -2.45. The predicted molar refractivity (Wildman–Crippen MR) is 131 cm³/mol. The van der Waals surface area contributed by atoms with Crippen molar-refractivity contribution in [1.29, 1.82) is 0 Å². The molecule has 2 heterocycles. The number of hydrogen-bond donors (Lipinski definition) is 3. The van der Waals surface area contributed by atoms with Crippen LogP contribution in [0.25, 0.3) is 0 Å². The number of nitrogens with one attached hydrogen (secondary N) is 2. The molecule has 1 aromatic carbocycles. The Kier molecular flexibility index (Phi) is 8.90. The maximum atomic E-state index is 10.7. The topological polar surface area (TPSA) is 63.1 Å². The number of aliphatic hydroxyl groups is 1. The van der Waals surface area contributed by atoms with E-state index in [-0.39, 0.29) is 0 Å². The summed E-state index contributed by atoms with van der Waals surface area (Å²) in [6.07, 6.45) is 0. The normalized spacial score (nSPS) is 18.0. The van der Waals surface area contributed by atoms with Crippen molar-refractivity contribution in [3.05, 3.63) is 57.8 Å². The molecule has 1 fully saturated rings. The van der Waals surface area contributed by atoms with Crippen LogP contribution < -0.4 is 10.6 Å². The summed E-state index contributed by atoms with van der Waals surface area (Å²) in [6, 6.07) is 10.7. The quantitative estimate of drug-likeness (QED) is 0.411. The fourth-order valence-corrected chi connectivity index (χ4v) is 4.50. The third kappa shape index (κ3) is 7.31. The molecule has 0 bridgehead atoms. The minimum absolute atomic E-state index is 0.403. The van der Waals surface area contributed by atoms with Gasteiger partial charge in [0.2, 0.25) is 0 Å². The minimum atomic E-state index is -0.930. The first kappa shape index (κ1) is 23.7. The van der Waals surface area contributed by atoms with E-state index < -0.39 is 5.60 Å². The molecule has 1 unspecified atom stereocenters. The number of aliphatic imine (C=N–C) groups is 1.